The van der Waals surface area contributed by atoms with Crippen molar-refractivity contribution in [1.82, 2.24) is 4.98 Å². The van der Waals surface area contributed by atoms with E-state index in [2.05, 4.69) is 10.1 Å². The fourth-order valence-corrected chi connectivity index (χ4v) is 3.23. The molecule has 1 aliphatic heterocycles. The van der Waals surface area contributed by atoms with Crippen LogP contribution in [0.25, 0.3) is 6.08 Å². The molecule has 1 aromatic heterocycles. The number of hydrogen-bond donors (Lipinski definition) is 3. The molecular weight excluding hydrogens is 372 g/mol. The minimum atomic E-state index is -0.541. The summed E-state index contributed by atoms with van der Waals surface area (Å²) in [7, 11) is 3.05. The zero-order valence-electron chi connectivity index (χ0n) is 15.8. The van der Waals surface area contributed by atoms with Crippen LogP contribution in [-0.2, 0) is 0 Å². The number of para-hydroxylation sites is 1. The van der Waals surface area contributed by atoms with Crippen molar-refractivity contribution in [3.63, 3.8) is 0 Å². The van der Waals surface area contributed by atoms with Crippen LogP contribution in [0.1, 0.15) is 11.1 Å². The maximum atomic E-state index is 12.7. The number of aromatic hydroxyl groups is 1. The minimum Gasteiger partial charge on any atom is -0.496 e. The summed E-state index contributed by atoms with van der Waals surface area (Å²) in [4.78, 5) is 15.1. The lowest BCUT2D eigenvalue weighted by Crippen LogP contribution is -2.42. The van der Waals surface area contributed by atoms with Gasteiger partial charge in [-0.1, -0.05) is 24.3 Å². The van der Waals surface area contributed by atoms with Crippen molar-refractivity contribution in [3.8, 4) is 17.4 Å². The molecule has 0 unspecified atom stereocenters. The largest absolute Gasteiger partial charge is 0.496 e. The maximum Gasteiger partial charge on any atom is 0.260 e. The molecule has 3 aromatic rings. The quantitative estimate of drug-likeness (QED) is 0.622. The van der Waals surface area contributed by atoms with E-state index in [9.17, 15) is 9.90 Å². The normalized spacial score (nSPS) is 13.2. The highest BCUT2D eigenvalue weighted by atomic mass is 16.5. The second-order valence-corrected chi connectivity index (χ2v) is 6.26. The van der Waals surface area contributed by atoms with Gasteiger partial charge in [0.05, 0.1) is 30.7 Å². The van der Waals surface area contributed by atoms with Crippen molar-refractivity contribution in [2.45, 2.75) is 0 Å². The van der Waals surface area contributed by atoms with Gasteiger partial charge in [0, 0.05) is 0 Å². The first-order chi connectivity index (χ1) is 14.0. The molecule has 0 aliphatic carbocycles. The molecule has 8 nitrogen and oxygen atoms in total. The fourth-order valence-electron chi connectivity index (χ4n) is 3.23. The molecule has 0 saturated carbocycles. The Kier molecular flexibility index (Phi) is 4.52. The summed E-state index contributed by atoms with van der Waals surface area (Å²) in [5.41, 5.74) is 0.798. The van der Waals surface area contributed by atoms with Gasteiger partial charge in [0.15, 0.2) is 5.84 Å². The number of ether oxygens (including phenoxy) is 2. The number of pyridine rings is 1. The zero-order valence-corrected chi connectivity index (χ0v) is 15.8. The number of methoxy groups -OCH3 is 2. The summed E-state index contributed by atoms with van der Waals surface area (Å²) in [5, 5.41) is 25.0. The van der Waals surface area contributed by atoms with Crippen LogP contribution in [0.2, 0.25) is 0 Å². The Bertz CT molecular complexity index is 1260. The van der Waals surface area contributed by atoms with Gasteiger partial charge in [-0.15, -0.1) is 0 Å². The molecule has 0 atom stereocenters. The minimum absolute atomic E-state index is 0.0402. The summed E-state index contributed by atoms with van der Waals surface area (Å²) >= 11 is 0. The molecule has 0 amide bonds. The van der Waals surface area contributed by atoms with Crippen LogP contribution in [0, 0.1) is 5.41 Å². The van der Waals surface area contributed by atoms with E-state index in [1.165, 1.54) is 19.2 Å². The van der Waals surface area contributed by atoms with Crippen molar-refractivity contribution in [3.05, 3.63) is 80.6 Å². The van der Waals surface area contributed by atoms with Crippen molar-refractivity contribution in [1.29, 1.82) is 5.41 Å². The van der Waals surface area contributed by atoms with E-state index in [0.29, 0.717) is 22.7 Å². The van der Waals surface area contributed by atoms with Crippen molar-refractivity contribution in [2.75, 3.05) is 19.2 Å². The first-order valence-corrected chi connectivity index (χ1v) is 8.76. The molecule has 3 N–H and O–H groups in total. The molecule has 0 bridgehead atoms. The second kappa shape index (κ2) is 7.16. The summed E-state index contributed by atoms with van der Waals surface area (Å²) in [6, 6.07) is 14.3. The first-order valence-electron chi connectivity index (χ1n) is 8.76. The van der Waals surface area contributed by atoms with E-state index < -0.39 is 11.4 Å². The van der Waals surface area contributed by atoms with E-state index in [0.717, 1.165) is 0 Å². The van der Waals surface area contributed by atoms with Crippen LogP contribution in [0.15, 0.2) is 58.4 Å². The van der Waals surface area contributed by atoms with Crippen LogP contribution >= 0.6 is 0 Å². The molecule has 29 heavy (non-hydrogen) atoms. The fraction of sp³-hybridized carbons (Fsp3) is 0.0952. The first kappa shape index (κ1) is 18.3. The summed E-state index contributed by atoms with van der Waals surface area (Å²) in [5.74, 6) is 0.583. The SMILES string of the molecule is COc1cccc(OC)c1/C=c1/c(=O)[nH]c(O)c2c1=NN(c1ccccc1)C2=N. The third-order valence-corrected chi connectivity index (χ3v) is 4.61. The smallest absolute Gasteiger partial charge is 0.260 e. The second-order valence-electron chi connectivity index (χ2n) is 6.26. The van der Waals surface area contributed by atoms with Gasteiger partial charge in [0.2, 0.25) is 5.88 Å². The number of rotatable bonds is 4. The highest BCUT2D eigenvalue weighted by molar-refractivity contribution is 6.10. The lowest BCUT2D eigenvalue weighted by atomic mass is 10.1. The number of aromatic nitrogens is 1. The molecule has 0 fully saturated rings. The standard InChI is InChI=1S/C21H18N4O4/c1-28-15-9-6-10-16(29-2)13(15)11-14-18-17(21(27)23-20(14)26)19(22)25(24-18)12-7-4-3-5-8-12/h3-11,22,27H,1-2H3,(H,23,26)/b14-11+,22-19?. The van der Waals surface area contributed by atoms with E-state index in [-0.39, 0.29) is 22.0 Å². The van der Waals surface area contributed by atoms with Crippen molar-refractivity contribution < 1.29 is 14.6 Å². The van der Waals surface area contributed by atoms with E-state index in [4.69, 9.17) is 14.9 Å². The summed E-state index contributed by atoms with van der Waals surface area (Å²) in [6.45, 7) is 0. The van der Waals surface area contributed by atoms with E-state index >= 15 is 0 Å². The van der Waals surface area contributed by atoms with Crippen LogP contribution in [0.5, 0.6) is 17.4 Å². The Morgan fingerprint density at radius 2 is 1.72 bits per heavy atom. The van der Waals surface area contributed by atoms with Crippen LogP contribution < -0.4 is 30.6 Å². The molecule has 146 valence electrons. The number of anilines is 1. The molecule has 2 aromatic carbocycles. The molecule has 1 aliphatic rings. The maximum absolute atomic E-state index is 12.7. The van der Waals surface area contributed by atoms with E-state index in [1.807, 2.05) is 18.2 Å². The monoisotopic (exact) mass is 390 g/mol. The Morgan fingerprint density at radius 3 is 2.34 bits per heavy atom. The van der Waals surface area contributed by atoms with Crippen molar-refractivity contribution >= 4 is 17.6 Å². The van der Waals surface area contributed by atoms with Gasteiger partial charge >= 0.3 is 0 Å². The molecular formula is C21H18N4O4. The lowest BCUT2D eigenvalue weighted by molar-refractivity contribution is 0.392. The summed E-state index contributed by atoms with van der Waals surface area (Å²) < 4.78 is 10.8. The Hall–Kier alpha value is -4.07. The topological polar surface area (TPSA) is 111 Å². The van der Waals surface area contributed by atoms with Gasteiger partial charge in [0.1, 0.15) is 22.4 Å². The van der Waals surface area contributed by atoms with Gasteiger partial charge in [-0.05, 0) is 30.3 Å². The lowest BCUT2D eigenvalue weighted by Gasteiger charge is -2.13. The van der Waals surface area contributed by atoms with Gasteiger partial charge in [-0.25, -0.2) is 5.01 Å². The average Bonchev–Trinajstić information content (AvgIpc) is 3.09. The molecule has 0 saturated heterocycles. The van der Waals surface area contributed by atoms with Gasteiger partial charge < -0.3 is 14.6 Å². The number of nitrogens with one attached hydrogen (secondary N) is 2. The molecule has 4 rings (SSSR count). The number of aromatic amines is 1. The average molecular weight is 390 g/mol. The number of fused-ring (bicyclic) bond motifs is 1. The van der Waals surface area contributed by atoms with Crippen LogP contribution in [-0.4, -0.2) is 30.1 Å². The van der Waals surface area contributed by atoms with Gasteiger partial charge in [-0.2, -0.15) is 5.10 Å². The zero-order chi connectivity index (χ0) is 20.5. The molecule has 0 spiro atoms. The third-order valence-electron chi connectivity index (χ3n) is 4.61. The number of H-pyrrole nitrogens is 1. The predicted octanol–water partition coefficient (Wildman–Crippen LogP) is 1.31. The Labute approximate surface area is 165 Å². The number of hydrogen-bond acceptors (Lipinski definition) is 6. The number of amidine groups is 1. The molecule has 8 heteroatoms. The highest BCUT2D eigenvalue weighted by Crippen LogP contribution is 2.28. The highest BCUT2D eigenvalue weighted by Gasteiger charge is 2.27. The Morgan fingerprint density at radius 1 is 1.07 bits per heavy atom. The third kappa shape index (κ3) is 3.00. The molecule has 0 radical (unpaired) electrons. The van der Waals surface area contributed by atoms with Crippen LogP contribution in [0.4, 0.5) is 5.69 Å². The summed E-state index contributed by atoms with van der Waals surface area (Å²) in [6.07, 6.45) is 1.58. The van der Waals surface area contributed by atoms with E-state index in [1.54, 1.807) is 36.4 Å². The Balaban J connectivity index is 2.04. The number of benzene rings is 2. The molecule has 2 heterocycles. The van der Waals surface area contributed by atoms with Gasteiger partial charge in [-0.3, -0.25) is 15.2 Å². The number of nitrogens with zero attached hydrogens (tertiary/aromatic N) is 2. The van der Waals surface area contributed by atoms with Crippen molar-refractivity contribution in [2.24, 2.45) is 5.10 Å². The van der Waals surface area contributed by atoms with Crippen LogP contribution in [0.3, 0.4) is 0 Å². The van der Waals surface area contributed by atoms with Gasteiger partial charge in [0.25, 0.3) is 5.56 Å². The predicted molar refractivity (Wildman–Crippen MR) is 108 cm³/mol.